The van der Waals surface area contributed by atoms with Crippen molar-refractivity contribution < 1.29 is 38.0 Å². The van der Waals surface area contributed by atoms with Gasteiger partial charge in [0, 0.05) is 19.0 Å². The van der Waals surface area contributed by atoms with E-state index in [0.29, 0.717) is 48.6 Å². The molecule has 0 spiro atoms. The lowest BCUT2D eigenvalue weighted by Gasteiger charge is -2.13. The maximum Gasteiger partial charge on any atom is 0.513 e. The molecule has 34 heavy (non-hydrogen) atoms. The van der Waals surface area contributed by atoms with Crippen LogP contribution in [0.25, 0.3) is 10.9 Å². The maximum atomic E-state index is 13.3. The Morgan fingerprint density at radius 1 is 1.12 bits per heavy atom. The number of hydrogen-bond donors (Lipinski definition) is 1. The van der Waals surface area contributed by atoms with Gasteiger partial charge in [0.15, 0.2) is 12.4 Å². The molecule has 0 aliphatic carbocycles. The molecule has 0 aliphatic heterocycles. The number of benzene rings is 2. The SMILES string of the molecule is CCOC(=O)Oc1c(C)n(CCOC)c2cc(CCc3ccc(F)cc3)c(OCC(=O)O)cc12. The average Bonchev–Trinajstić information content (AvgIpc) is 3.05. The molecule has 2 aromatic carbocycles. The van der Waals surface area contributed by atoms with Crippen molar-refractivity contribution in [2.45, 2.75) is 33.2 Å². The minimum atomic E-state index is -1.11. The summed E-state index contributed by atoms with van der Waals surface area (Å²) in [6.07, 6.45) is 0.294. The first-order valence-electron chi connectivity index (χ1n) is 10.9. The molecule has 0 saturated heterocycles. The predicted molar refractivity (Wildman–Crippen MR) is 123 cm³/mol. The molecule has 0 unspecified atom stereocenters. The molecule has 0 aliphatic rings. The zero-order valence-corrected chi connectivity index (χ0v) is 19.4. The molecule has 0 saturated carbocycles. The van der Waals surface area contributed by atoms with Gasteiger partial charge in [0.05, 0.1) is 24.4 Å². The largest absolute Gasteiger partial charge is 0.513 e. The van der Waals surface area contributed by atoms with Crippen LogP contribution in [-0.4, -0.2) is 48.7 Å². The fraction of sp³-hybridized carbons (Fsp3) is 0.360. The molecule has 3 aromatic rings. The number of nitrogens with zero attached hydrogens (tertiary/aromatic N) is 1. The van der Waals surface area contributed by atoms with E-state index in [-0.39, 0.29) is 12.4 Å². The number of carbonyl (C=O) groups excluding carboxylic acids is 1. The minimum absolute atomic E-state index is 0.167. The molecule has 8 nitrogen and oxygen atoms in total. The molecular weight excluding hydrogens is 445 g/mol. The highest BCUT2D eigenvalue weighted by atomic mass is 19.1. The Bertz CT molecular complexity index is 1150. The number of aromatic nitrogens is 1. The summed E-state index contributed by atoms with van der Waals surface area (Å²) in [6.45, 7) is 4.10. The second-order valence-electron chi connectivity index (χ2n) is 7.63. The molecule has 182 valence electrons. The Kier molecular flexibility index (Phi) is 8.48. The van der Waals surface area contributed by atoms with Crippen LogP contribution in [-0.2, 0) is 33.7 Å². The third-order valence-electron chi connectivity index (χ3n) is 5.36. The Morgan fingerprint density at radius 2 is 1.85 bits per heavy atom. The smallest absolute Gasteiger partial charge is 0.482 e. The Balaban J connectivity index is 2.07. The summed E-state index contributed by atoms with van der Waals surface area (Å²) in [5.74, 6) is -0.734. The quantitative estimate of drug-likeness (QED) is 0.409. The predicted octanol–water partition coefficient (Wildman–Crippen LogP) is 4.52. The summed E-state index contributed by atoms with van der Waals surface area (Å²) in [5.41, 5.74) is 3.19. The minimum Gasteiger partial charge on any atom is -0.482 e. The monoisotopic (exact) mass is 473 g/mol. The van der Waals surface area contributed by atoms with Crippen LogP contribution in [0.5, 0.6) is 11.5 Å². The number of ether oxygens (including phenoxy) is 4. The Hall–Kier alpha value is -3.59. The van der Waals surface area contributed by atoms with Gasteiger partial charge in [-0.05, 0) is 62.1 Å². The number of carboxylic acid groups (broad SMARTS) is 1. The van der Waals surface area contributed by atoms with E-state index < -0.39 is 18.7 Å². The Labute approximate surface area is 196 Å². The van der Waals surface area contributed by atoms with Gasteiger partial charge >= 0.3 is 12.1 Å². The number of carboxylic acids is 1. The van der Waals surface area contributed by atoms with Crippen LogP contribution in [0.2, 0.25) is 0 Å². The van der Waals surface area contributed by atoms with Gasteiger partial charge in [-0.1, -0.05) is 12.1 Å². The molecule has 0 fully saturated rings. The number of aryl methyl sites for hydroxylation is 2. The molecule has 0 atom stereocenters. The molecule has 0 radical (unpaired) electrons. The fourth-order valence-electron chi connectivity index (χ4n) is 3.74. The molecule has 9 heteroatoms. The van der Waals surface area contributed by atoms with Gasteiger partial charge in [-0.15, -0.1) is 0 Å². The van der Waals surface area contributed by atoms with Crippen molar-refractivity contribution in [1.82, 2.24) is 4.57 Å². The lowest BCUT2D eigenvalue weighted by Crippen LogP contribution is -2.11. The number of methoxy groups -OCH3 is 1. The first-order chi connectivity index (χ1) is 16.3. The zero-order chi connectivity index (χ0) is 24.7. The molecule has 3 rings (SSSR count). The van der Waals surface area contributed by atoms with Gasteiger partial charge in [0.25, 0.3) is 0 Å². The molecule has 1 N–H and O–H groups in total. The second-order valence-corrected chi connectivity index (χ2v) is 7.63. The van der Waals surface area contributed by atoms with Gasteiger partial charge in [-0.25, -0.2) is 14.0 Å². The van der Waals surface area contributed by atoms with Crippen molar-refractivity contribution >= 4 is 23.0 Å². The van der Waals surface area contributed by atoms with E-state index in [2.05, 4.69) is 0 Å². The number of carbonyl (C=O) groups is 2. The molecule has 1 aromatic heterocycles. The maximum absolute atomic E-state index is 13.3. The van der Waals surface area contributed by atoms with E-state index in [0.717, 1.165) is 16.6 Å². The van der Waals surface area contributed by atoms with Crippen molar-refractivity contribution in [2.24, 2.45) is 0 Å². The number of hydrogen-bond acceptors (Lipinski definition) is 6. The second kappa shape index (κ2) is 11.5. The van der Waals surface area contributed by atoms with Gasteiger partial charge in [0.2, 0.25) is 0 Å². The number of halogens is 1. The van der Waals surface area contributed by atoms with Crippen molar-refractivity contribution in [3.63, 3.8) is 0 Å². The number of aliphatic carboxylic acids is 1. The highest BCUT2D eigenvalue weighted by molar-refractivity contribution is 5.92. The van der Waals surface area contributed by atoms with Gasteiger partial charge in [0.1, 0.15) is 11.6 Å². The highest BCUT2D eigenvalue weighted by Crippen LogP contribution is 2.38. The Morgan fingerprint density at radius 3 is 2.50 bits per heavy atom. The van der Waals surface area contributed by atoms with Crippen LogP contribution in [0.3, 0.4) is 0 Å². The van der Waals surface area contributed by atoms with Crippen molar-refractivity contribution in [1.29, 1.82) is 0 Å². The zero-order valence-electron chi connectivity index (χ0n) is 19.4. The van der Waals surface area contributed by atoms with Gasteiger partial charge in [-0.2, -0.15) is 0 Å². The molecule has 0 amide bonds. The molecular formula is C25H28FNO7. The summed E-state index contributed by atoms with van der Waals surface area (Å²) in [6, 6.07) is 9.81. The topological polar surface area (TPSA) is 96.2 Å². The van der Waals surface area contributed by atoms with Crippen LogP contribution in [0, 0.1) is 12.7 Å². The van der Waals surface area contributed by atoms with E-state index in [9.17, 15) is 14.0 Å². The number of rotatable bonds is 11. The normalized spacial score (nSPS) is 10.9. The summed E-state index contributed by atoms with van der Waals surface area (Å²) in [4.78, 5) is 23.2. The molecule has 0 bridgehead atoms. The first kappa shape index (κ1) is 25.0. The van der Waals surface area contributed by atoms with E-state index in [4.69, 9.17) is 24.1 Å². The first-order valence-corrected chi connectivity index (χ1v) is 10.9. The summed E-state index contributed by atoms with van der Waals surface area (Å²) >= 11 is 0. The van der Waals surface area contributed by atoms with Crippen LogP contribution < -0.4 is 9.47 Å². The lowest BCUT2D eigenvalue weighted by molar-refractivity contribution is -0.139. The van der Waals surface area contributed by atoms with E-state index in [1.54, 1.807) is 32.2 Å². The highest BCUT2D eigenvalue weighted by Gasteiger charge is 2.22. The fourth-order valence-corrected chi connectivity index (χ4v) is 3.74. The third kappa shape index (κ3) is 6.05. The average molecular weight is 473 g/mol. The van der Waals surface area contributed by atoms with Crippen LogP contribution in [0.4, 0.5) is 9.18 Å². The van der Waals surface area contributed by atoms with Crippen molar-refractivity contribution in [3.05, 3.63) is 59.0 Å². The number of fused-ring (bicyclic) bond motifs is 1. The van der Waals surface area contributed by atoms with E-state index in [1.165, 1.54) is 12.1 Å². The van der Waals surface area contributed by atoms with E-state index >= 15 is 0 Å². The van der Waals surface area contributed by atoms with Gasteiger partial charge < -0.3 is 28.6 Å². The summed E-state index contributed by atoms with van der Waals surface area (Å²) in [7, 11) is 1.60. The molecule has 1 heterocycles. The summed E-state index contributed by atoms with van der Waals surface area (Å²) in [5, 5.41) is 9.72. The van der Waals surface area contributed by atoms with Crippen LogP contribution >= 0.6 is 0 Å². The van der Waals surface area contributed by atoms with Crippen LogP contribution in [0.1, 0.15) is 23.7 Å². The van der Waals surface area contributed by atoms with Crippen molar-refractivity contribution in [3.8, 4) is 11.5 Å². The third-order valence-corrected chi connectivity index (χ3v) is 5.36. The summed E-state index contributed by atoms with van der Waals surface area (Å²) < 4.78 is 36.5. The van der Waals surface area contributed by atoms with E-state index in [1.807, 2.05) is 17.6 Å². The van der Waals surface area contributed by atoms with Crippen molar-refractivity contribution in [2.75, 3.05) is 26.9 Å². The van der Waals surface area contributed by atoms with Crippen LogP contribution in [0.15, 0.2) is 36.4 Å². The lowest BCUT2D eigenvalue weighted by atomic mass is 10.0. The van der Waals surface area contributed by atoms with Gasteiger partial charge in [-0.3, -0.25) is 0 Å². The standard InChI is InChI=1S/C25H28FNO7/c1-4-32-25(30)34-24-16(2)27(11-12-31-3)21-13-18(8-5-17-6-9-19(26)10-7-17)22(14-20(21)24)33-15-23(28)29/h6-7,9-10,13-14H,4-5,8,11-12,15H2,1-3H3,(H,28,29).